The van der Waals surface area contributed by atoms with Crippen LogP contribution in [0.2, 0.25) is 0 Å². The topological polar surface area (TPSA) is 74.5 Å². The molecule has 2 rings (SSSR count). The number of hydrogen-bond donors (Lipinski definition) is 1. The normalized spacial score (nSPS) is 12.8. The maximum Gasteiger partial charge on any atom is 0.104 e. The van der Waals surface area contributed by atoms with Gasteiger partial charge in [-0.15, -0.1) is 5.10 Å². The first-order valence-electron chi connectivity index (χ1n) is 7.77. The molecule has 0 spiro atoms. The molecule has 0 aromatic carbocycles. The number of aromatic nitrogens is 5. The van der Waals surface area contributed by atoms with Crippen LogP contribution in [0.4, 0.5) is 0 Å². The fourth-order valence-corrected chi connectivity index (χ4v) is 2.66. The van der Waals surface area contributed by atoms with Crippen molar-refractivity contribution in [1.29, 1.82) is 0 Å². The molecule has 6 nitrogen and oxygen atoms in total. The number of nitrogens with zero attached hydrogens (tertiary/aromatic N) is 5. The van der Waals surface area contributed by atoms with E-state index in [9.17, 15) is 0 Å². The van der Waals surface area contributed by atoms with Crippen LogP contribution in [-0.4, -0.2) is 30.8 Å². The highest BCUT2D eigenvalue weighted by Crippen LogP contribution is 2.19. The minimum atomic E-state index is 0.203. The van der Waals surface area contributed by atoms with Crippen LogP contribution < -0.4 is 5.73 Å². The molecule has 2 aromatic rings. The van der Waals surface area contributed by atoms with Gasteiger partial charge in [-0.3, -0.25) is 9.36 Å². The number of rotatable bonds is 7. The van der Waals surface area contributed by atoms with Crippen LogP contribution >= 0.6 is 0 Å². The second-order valence-electron chi connectivity index (χ2n) is 5.49. The standard InChI is InChI=1S/C15H26N6/c1-5-11(16)8-13-14(6-2)18-21(15(13)7-3)10-12-9-20(4)19-17-12/h9,11H,5-8,10,16H2,1-4H3. The molecule has 1 unspecified atom stereocenters. The molecule has 2 aromatic heterocycles. The van der Waals surface area contributed by atoms with Crippen molar-refractivity contribution in [2.45, 2.75) is 59.0 Å². The summed E-state index contributed by atoms with van der Waals surface area (Å²) >= 11 is 0. The third-order valence-corrected chi connectivity index (χ3v) is 3.87. The van der Waals surface area contributed by atoms with Gasteiger partial charge < -0.3 is 5.73 Å². The Labute approximate surface area is 126 Å². The van der Waals surface area contributed by atoms with Gasteiger partial charge in [-0.05, 0) is 31.2 Å². The SMILES string of the molecule is CCc1nn(Cc2cn(C)nn2)c(CC)c1CC(N)CC. The van der Waals surface area contributed by atoms with E-state index in [1.807, 2.05) is 13.2 Å². The van der Waals surface area contributed by atoms with Crippen molar-refractivity contribution in [2.75, 3.05) is 0 Å². The fourth-order valence-electron chi connectivity index (χ4n) is 2.66. The molecule has 0 saturated carbocycles. The highest BCUT2D eigenvalue weighted by atomic mass is 15.4. The lowest BCUT2D eigenvalue weighted by Crippen LogP contribution is -2.22. The fraction of sp³-hybridized carbons (Fsp3) is 0.667. The van der Waals surface area contributed by atoms with Gasteiger partial charge in [-0.1, -0.05) is 26.0 Å². The van der Waals surface area contributed by atoms with Gasteiger partial charge in [-0.25, -0.2) is 0 Å². The summed E-state index contributed by atoms with van der Waals surface area (Å²) in [5.41, 5.74) is 10.9. The number of aryl methyl sites for hydroxylation is 2. The molecule has 0 amide bonds. The van der Waals surface area contributed by atoms with E-state index in [1.54, 1.807) is 4.68 Å². The van der Waals surface area contributed by atoms with Crippen molar-refractivity contribution in [3.63, 3.8) is 0 Å². The summed E-state index contributed by atoms with van der Waals surface area (Å²) in [7, 11) is 1.88. The van der Waals surface area contributed by atoms with Crippen molar-refractivity contribution in [3.05, 3.63) is 28.8 Å². The maximum atomic E-state index is 6.15. The zero-order valence-corrected chi connectivity index (χ0v) is 13.5. The Hall–Kier alpha value is -1.69. The molecule has 0 fully saturated rings. The van der Waals surface area contributed by atoms with Gasteiger partial charge in [0.05, 0.1) is 12.2 Å². The van der Waals surface area contributed by atoms with Gasteiger partial charge in [0, 0.05) is 25.0 Å². The van der Waals surface area contributed by atoms with Gasteiger partial charge in [-0.2, -0.15) is 5.10 Å². The van der Waals surface area contributed by atoms with Crippen molar-refractivity contribution >= 4 is 0 Å². The Morgan fingerprint density at radius 1 is 1.24 bits per heavy atom. The molecule has 6 heteroatoms. The zero-order valence-electron chi connectivity index (χ0n) is 13.5. The molecular formula is C15H26N6. The van der Waals surface area contributed by atoms with E-state index in [2.05, 4.69) is 35.8 Å². The van der Waals surface area contributed by atoms with Crippen LogP contribution in [0.1, 0.15) is 49.8 Å². The average molecular weight is 290 g/mol. The minimum absolute atomic E-state index is 0.203. The maximum absolute atomic E-state index is 6.15. The quantitative estimate of drug-likeness (QED) is 0.838. The summed E-state index contributed by atoms with van der Waals surface area (Å²) < 4.78 is 3.79. The molecule has 0 aliphatic carbocycles. The van der Waals surface area contributed by atoms with Crippen LogP contribution in [0.3, 0.4) is 0 Å². The Kier molecular flexibility index (Phi) is 5.12. The summed E-state index contributed by atoms with van der Waals surface area (Å²) in [6.07, 6.45) is 5.72. The Bertz CT molecular complexity index is 583. The molecule has 0 saturated heterocycles. The lowest BCUT2D eigenvalue weighted by Gasteiger charge is -2.11. The highest BCUT2D eigenvalue weighted by molar-refractivity contribution is 5.28. The summed E-state index contributed by atoms with van der Waals surface area (Å²) in [5.74, 6) is 0. The van der Waals surface area contributed by atoms with E-state index in [0.717, 1.165) is 31.4 Å². The van der Waals surface area contributed by atoms with Crippen molar-refractivity contribution in [2.24, 2.45) is 12.8 Å². The zero-order chi connectivity index (χ0) is 15.4. The first-order valence-corrected chi connectivity index (χ1v) is 7.77. The second kappa shape index (κ2) is 6.85. The van der Waals surface area contributed by atoms with Crippen LogP contribution in [0.5, 0.6) is 0 Å². The summed E-state index contributed by atoms with van der Waals surface area (Å²) in [6, 6.07) is 0.203. The Morgan fingerprint density at radius 3 is 2.52 bits per heavy atom. The molecule has 116 valence electrons. The van der Waals surface area contributed by atoms with E-state index in [0.29, 0.717) is 6.54 Å². The summed E-state index contributed by atoms with van der Waals surface area (Å²) in [4.78, 5) is 0. The molecular weight excluding hydrogens is 264 g/mol. The van der Waals surface area contributed by atoms with Crippen molar-refractivity contribution in [3.8, 4) is 0 Å². The largest absolute Gasteiger partial charge is 0.327 e. The Morgan fingerprint density at radius 2 is 2.00 bits per heavy atom. The highest BCUT2D eigenvalue weighted by Gasteiger charge is 2.18. The third-order valence-electron chi connectivity index (χ3n) is 3.87. The first-order chi connectivity index (χ1) is 10.1. The summed E-state index contributed by atoms with van der Waals surface area (Å²) in [5, 5.41) is 12.9. The van der Waals surface area contributed by atoms with Crippen molar-refractivity contribution in [1.82, 2.24) is 24.8 Å². The second-order valence-corrected chi connectivity index (χ2v) is 5.49. The van der Waals surface area contributed by atoms with Crippen LogP contribution in [0.25, 0.3) is 0 Å². The van der Waals surface area contributed by atoms with Gasteiger partial charge in [0.2, 0.25) is 0 Å². The van der Waals surface area contributed by atoms with E-state index in [1.165, 1.54) is 17.0 Å². The molecule has 21 heavy (non-hydrogen) atoms. The van der Waals surface area contributed by atoms with E-state index < -0.39 is 0 Å². The van der Waals surface area contributed by atoms with Gasteiger partial charge >= 0.3 is 0 Å². The van der Waals surface area contributed by atoms with E-state index in [-0.39, 0.29) is 6.04 Å². The predicted molar refractivity (Wildman–Crippen MR) is 83.1 cm³/mol. The lowest BCUT2D eigenvalue weighted by molar-refractivity contribution is 0.619. The van der Waals surface area contributed by atoms with Crippen LogP contribution in [0.15, 0.2) is 6.20 Å². The first kappa shape index (κ1) is 15.7. The minimum Gasteiger partial charge on any atom is -0.327 e. The predicted octanol–water partition coefficient (Wildman–Crippen LogP) is 1.46. The molecule has 0 radical (unpaired) electrons. The Balaban J connectivity index is 2.32. The van der Waals surface area contributed by atoms with E-state index in [4.69, 9.17) is 10.8 Å². The third kappa shape index (κ3) is 3.50. The van der Waals surface area contributed by atoms with Gasteiger partial charge in [0.15, 0.2) is 0 Å². The van der Waals surface area contributed by atoms with Crippen molar-refractivity contribution < 1.29 is 0 Å². The van der Waals surface area contributed by atoms with Crippen LogP contribution in [0, 0.1) is 0 Å². The number of hydrogen-bond acceptors (Lipinski definition) is 4. The molecule has 0 aliphatic rings. The lowest BCUT2D eigenvalue weighted by atomic mass is 10.00. The smallest absolute Gasteiger partial charge is 0.104 e. The molecule has 2 N–H and O–H groups in total. The molecule has 0 aliphatic heterocycles. The molecule has 0 bridgehead atoms. The monoisotopic (exact) mass is 290 g/mol. The van der Waals surface area contributed by atoms with E-state index >= 15 is 0 Å². The number of nitrogens with two attached hydrogens (primary N) is 1. The molecule has 1 atom stereocenters. The van der Waals surface area contributed by atoms with Crippen LogP contribution in [-0.2, 0) is 32.9 Å². The molecule has 2 heterocycles. The van der Waals surface area contributed by atoms with Gasteiger partial charge in [0.1, 0.15) is 5.69 Å². The average Bonchev–Trinajstić information content (AvgIpc) is 3.02. The van der Waals surface area contributed by atoms with Gasteiger partial charge in [0.25, 0.3) is 0 Å². The summed E-state index contributed by atoms with van der Waals surface area (Å²) in [6.45, 7) is 7.12.